The lowest BCUT2D eigenvalue weighted by Gasteiger charge is -2.21. The number of aromatic nitrogens is 2. The SMILES string of the molecule is COc1ccc(C(C)(C)C)cc1-c1cnn(C)c1N. The molecule has 4 nitrogen and oxygen atoms in total. The first-order valence-corrected chi connectivity index (χ1v) is 6.31. The summed E-state index contributed by atoms with van der Waals surface area (Å²) in [6, 6.07) is 6.21. The largest absolute Gasteiger partial charge is 0.496 e. The van der Waals surface area contributed by atoms with E-state index in [1.54, 1.807) is 18.0 Å². The Kier molecular flexibility index (Phi) is 3.27. The van der Waals surface area contributed by atoms with Crippen LogP contribution in [-0.2, 0) is 12.5 Å². The van der Waals surface area contributed by atoms with Gasteiger partial charge in [0.15, 0.2) is 0 Å². The molecule has 0 aliphatic rings. The number of nitrogens with two attached hydrogens (primary N) is 1. The number of nitrogen functional groups attached to an aromatic ring is 1. The molecule has 2 aromatic rings. The summed E-state index contributed by atoms with van der Waals surface area (Å²) in [6.45, 7) is 6.56. The fraction of sp³-hybridized carbons (Fsp3) is 0.400. The molecule has 0 aliphatic carbocycles. The zero-order valence-electron chi connectivity index (χ0n) is 12.2. The van der Waals surface area contributed by atoms with E-state index in [0.29, 0.717) is 5.82 Å². The first kappa shape index (κ1) is 13.5. The summed E-state index contributed by atoms with van der Waals surface area (Å²) in [5.41, 5.74) is 9.28. The Hall–Kier alpha value is -1.97. The molecule has 0 fully saturated rings. The number of nitrogens with zero attached hydrogens (tertiary/aromatic N) is 2. The minimum atomic E-state index is 0.0813. The average Bonchev–Trinajstić information content (AvgIpc) is 2.68. The molecule has 0 aliphatic heterocycles. The second kappa shape index (κ2) is 4.61. The van der Waals surface area contributed by atoms with Crippen molar-refractivity contribution in [2.75, 3.05) is 12.8 Å². The van der Waals surface area contributed by atoms with Gasteiger partial charge in [0.2, 0.25) is 0 Å². The molecule has 19 heavy (non-hydrogen) atoms. The Bertz CT molecular complexity index is 594. The van der Waals surface area contributed by atoms with Crippen molar-refractivity contribution in [3.05, 3.63) is 30.0 Å². The summed E-state index contributed by atoms with van der Waals surface area (Å²) in [5.74, 6) is 1.46. The van der Waals surface area contributed by atoms with Gasteiger partial charge in [-0.2, -0.15) is 5.10 Å². The molecular formula is C15H21N3O. The van der Waals surface area contributed by atoms with Crippen LogP contribution in [0.1, 0.15) is 26.3 Å². The van der Waals surface area contributed by atoms with Crippen LogP contribution in [0.4, 0.5) is 5.82 Å². The maximum absolute atomic E-state index is 6.06. The summed E-state index contributed by atoms with van der Waals surface area (Å²) in [4.78, 5) is 0. The van der Waals surface area contributed by atoms with E-state index in [-0.39, 0.29) is 5.41 Å². The van der Waals surface area contributed by atoms with E-state index in [1.807, 2.05) is 13.1 Å². The van der Waals surface area contributed by atoms with E-state index in [4.69, 9.17) is 10.5 Å². The quantitative estimate of drug-likeness (QED) is 0.902. The normalized spacial score (nSPS) is 11.6. The lowest BCUT2D eigenvalue weighted by Crippen LogP contribution is -2.11. The smallest absolute Gasteiger partial charge is 0.129 e. The molecule has 2 rings (SSSR count). The molecule has 0 saturated heterocycles. The zero-order valence-corrected chi connectivity index (χ0v) is 12.2. The zero-order chi connectivity index (χ0) is 14.2. The number of anilines is 1. The number of benzene rings is 1. The van der Waals surface area contributed by atoms with Crippen LogP contribution in [0.3, 0.4) is 0 Å². The van der Waals surface area contributed by atoms with Crippen molar-refractivity contribution in [1.82, 2.24) is 9.78 Å². The summed E-state index contributed by atoms with van der Waals surface area (Å²) >= 11 is 0. The molecule has 0 saturated carbocycles. The monoisotopic (exact) mass is 259 g/mol. The Morgan fingerprint density at radius 2 is 1.89 bits per heavy atom. The highest BCUT2D eigenvalue weighted by atomic mass is 16.5. The van der Waals surface area contributed by atoms with E-state index in [1.165, 1.54) is 5.56 Å². The Morgan fingerprint density at radius 1 is 1.21 bits per heavy atom. The minimum Gasteiger partial charge on any atom is -0.496 e. The Balaban J connectivity index is 2.63. The van der Waals surface area contributed by atoms with E-state index >= 15 is 0 Å². The number of rotatable bonds is 2. The highest BCUT2D eigenvalue weighted by Crippen LogP contribution is 2.36. The molecule has 0 amide bonds. The van der Waals surface area contributed by atoms with Crippen LogP contribution in [0.25, 0.3) is 11.1 Å². The minimum absolute atomic E-state index is 0.0813. The third-order valence-corrected chi connectivity index (χ3v) is 3.34. The van der Waals surface area contributed by atoms with Crippen molar-refractivity contribution >= 4 is 5.82 Å². The molecule has 102 valence electrons. The van der Waals surface area contributed by atoms with Crippen LogP contribution in [0.15, 0.2) is 24.4 Å². The van der Waals surface area contributed by atoms with Gasteiger partial charge in [0.1, 0.15) is 11.6 Å². The second-order valence-corrected chi connectivity index (χ2v) is 5.73. The number of hydrogen-bond donors (Lipinski definition) is 1. The molecule has 1 aromatic carbocycles. The van der Waals surface area contributed by atoms with Gasteiger partial charge in [-0.25, -0.2) is 0 Å². The Labute approximate surface area is 114 Å². The number of aryl methyl sites for hydroxylation is 1. The third-order valence-electron chi connectivity index (χ3n) is 3.34. The standard InChI is InChI=1S/C15H21N3O/c1-15(2,3)10-6-7-13(19-5)11(8-10)12-9-17-18(4)14(12)16/h6-9H,16H2,1-5H3. The molecule has 2 N–H and O–H groups in total. The van der Waals surface area contributed by atoms with Crippen molar-refractivity contribution in [2.45, 2.75) is 26.2 Å². The van der Waals surface area contributed by atoms with Gasteiger partial charge in [-0.05, 0) is 23.1 Å². The summed E-state index contributed by atoms with van der Waals surface area (Å²) in [6.07, 6.45) is 1.78. The highest BCUT2D eigenvalue weighted by molar-refractivity contribution is 5.79. The van der Waals surface area contributed by atoms with Gasteiger partial charge in [0.05, 0.1) is 13.3 Å². The first-order chi connectivity index (χ1) is 8.84. The lowest BCUT2D eigenvalue weighted by molar-refractivity contribution is 0.416. The van der Waals surface area contributed by atoms with Gasteiger partial charge in [-0.15, -0.1) is 0 Å². The first-order valence-electron chi connectivity index (χ1n) is 6.31. The summed E-state index contributed by atoms with van der Waals surface area (Å²) in [5, 5.41) is 4.20. The highest BCUT2D eigenvalue weighted by Gasteiger charge is 2.18. The van der Waals surface area contributed by atoms with Crippen molar-refractivity contribution in [3.63, 3.8) is 0 Å². The maximum atomic E-state index is 6.06. The van der Waals surface area contributed by atoms with Crippen molar-refractivity contribution in [2.24, 2.45) is 7.05 Å². The summed E-state index contributed by atoms with van der Waals surface area (Å²) in [7, 11) is 3.50. The van der Waals surface area contributed by atoms with Gasteiger partial charge in [-0.3, -0.25) is 4.68 Å². The van der Waals surface area contributed by atoms with Crippen LogP contribution in [0.2, 0.25) is 0 Å². The predicted molar refractivity (Wildman–Crippen MR) is 78.3 cm³/mol. The van der Waals surface area contributed by atoms with Gasteiger partial charge < -0.3 is 10.5 Å². The summed E-state index contributed by atoms with van der Waals surface area (Å²) < 4.78 is 7.10. The van der Waals surface area contributed by atoms with Gasteiger partial charge >= 0.3 is 0 Å². The topological polar surface area (TPSA) is 53.1 Å². The predicted octanol–water partition coefficient (Wildman–Crippen LogP) is 2.98. The van der Waals surface area contributed by atoms with E-state index < -0.39 is 0 Å². The fourth-order valence-electron chi connectivity index (χ4n) is 2.04. The van der Waals surface area contributed by atoms with Crippen LogP contribution in [0.5, 0.6) is 5.75 Å². The van der Waals surface area contributed by atoms with Gasteiger partial charge in [-0.1, -0.05) is 26.8 Å². The van der Waals surface area contributed by atoms with Crippen LogP contribution in [0, 0.1) is 0 Å². The fourth-order valence-corrected chi connectivity index (χ4v) is 2.04. The molecule has 0 bridgehead atoms. The lowest BCUT2D eigenvalue weighted by atomic mass is 9.85. The van der Waals surface area contributed by atoms with Crippen LogP contribution >= 0.6 is 0 Å². The third kappa shape index (κ3) is 2.43. The van der Waals surface area contributed by atoms with Crippen molar-refractivity contribution < 1.29 is 4.74 Å². The van der Waals surface area contributed by atoms with Crippen molar-refractivity contribution in [3.8, 4) is 16.9 Å². The average molecular weight is 259 g/mol. The molecule has 4 heteroatoms. The van der Waals surface area contributed by atoms with E-state index in [2.05, 4.69) is 38.0 Å². The number of hydrogen-bond acceptors (Lipinski definition) is 3. The molecule has 0 unspecified atom stereocenters. The van der Waals surface area contributed by atoms with Crippen LogP contribution in [-0.4, -0.2) is 16.9 Å². The maximum Gasteiger partial charge on any atom is 0.129 e. The van der Waals surface area contributed by atoms with Crippen LogP contribution < -0.4 is 10.5 Å². The van der Waals surface area contributed by atoms with Gasteiger partial charge in [0.25, 0.3) is 0 Å². The van der Waals surface area contributed by atoms with E-state index in [9.17, 15) is 0 Å². The molecule has 1 heterocycles. The van der Waals surface area contributed by atoms with E-state index in [0.717, 1.165) is 16.9 Å². The van der Waals surface area contributed by atoms with Crippen molar-refractivity contribution in [1.29, 1.82) is 0 Å². The molecule has 1 aromatic heterocycles. The molecule has 0 spiro atoms. The molecule has 0 atom stereocenters. The Morgan fingerprint density at radius 3 is 2.37 bits per heavy atom. The van der Waals surface area contributed by atoms with Gasteiger partial charge in [0, 0.05) is 18.2 Å². The number of methoxy groups -OCH3 is 1. The second-order valence-electron chi connectivity index (χ2n) is 5.73. The number of ether oxygens (including phenoxy) is 1. The molecular weight excluding hydrogens is 238 g/mol. The molecule has 0 radical (unpaired) electrons.